The van der Waals surface area contributed by atoms with E-state index in [1.54, 1.807) is 0 Å². The summed E-state index contributed by atoms with van der Waals surface area (Å²) in [6.45, 7) is 8.63. The molecule has 0 heterocycles. The Morgan fingerprint density at radius 3 is 2.75 bits per heavy atom. The minimum Gasteiger partial charge on any atom is -0.386 e. The van der Waals surface area contributed by atoms with Crippen LogP contribution in [0.25, 0.3) is 0 Å². The van der Waals surface area contributed by atoms with Crippen LogP contribution in [-0.4, -0.2) is 10.7 Å². The summed E-state index contributed by atoms with van der Waals surface area (Å²) in [5, 5.41) is 10.2. The lowest BCUT2D eigenvalue weighted by atomic mass is 9.86. The molecule has 0 unspecified atom stereocenters. The van der Waals surface area contributed by atoms with Crippen LogP contribution in [0, 0.1) is 11.8 Å². The molecule has 1 nitrogen and oxygen atoms in total. The lowest BCUT2D eigenvalue weighted by Crippen LogP contribution is -2.21. The zero-order valence-corrected chi connectivity index (χ0v) is 11.2. The largest absolute Gasteiger partial charge is 0.386 e. The highest BCUT2D eigenvalue weighted by molar-refractivity contribution is 5.07. The molecule has 0 fully saturated rings. The van der Waals surface area contributed by atoms with E-state index in [4.69, 9.17) is 0 Å². The predicted octanol–water partition coefficient (Wildman–Crippen LogP) is 4.09. The number of aliphatic hydroxyl groups is 1. The van der Waals surface area contributed by atoms with E-state index in [-0.39, 0.29) is 0 Å². The average molecular weight is 222 g/mol. The maximum absolute atomic E-state index is 10.2. The molecule has 1 aliphatic carbocycles. The van der Waals surface area contributed by atoms with Crippen LogP contribution < -0.4 is 0 Å². The molecule has 0 aromatic heterocycles. The van der Waals surface area contributed by atoms with Crippen LogP contribution in [0.15, 0.2) is 23.8 Å². The van der Waals surface area contributed by atoms with Crippen LogP contribution in [0.2, 0.25) is 0 Å². The molecule has 0 bridgehead atoms. The molecule has 0 saturated heterocycles. The summed E-state index contributed by atoms with van der Waals surface area (Å²) < 4.78 is 0. The fourth-order valence-corrected chi connectivity index (χ4v) is 2.17. The first-order chi connectivity index (χ1) is 7.41. The second-order valence-corrected chi connectivity index (χ2v) is 5.75. The smallest absolute Gasteiger partial charge is 0.0802 e. The van der Waals surface area contributed by atoms with Crippen molar-refractivity contribution in [2.45, 2.75) is 59.0 Å². The Morgan fingerprint density at radius 2 is 2.12 bits per heavy atom. The van der Waals surface area contributed by atoms with Gasteiger partial charge in [-0.05, 0) is 51.4 Å². The van der Waals surface area contributed by atoms with Crippen LogP contribution in [0.3, 0.4) is 0 Å². The molecule has 16 heavy (non-hydrogen) atoms. The predicted molar refractivity (Wildman–Crippen MR) is 70.3 cm³/mol. The number of allylic oxidation sites excluding steroid dienone is 3. The first-order valence-corrected chi connectivity index (χ1v) is 6.48. The van der Waals surface area contributed by atoms with E-state index in [0.29, 0.717) is 11.8 Å². The average Bonchev–Trinajstić information content (AvgIpc) is 2.16. The SMILES string of the molecule is C/C1=C\CC[C@](C)(O)/C=C/[C@@H](C(C)C)CC1. The normalized spacial score (nSPS) is 37.9. The zero-order valence-electron chi connectivity index (χ0n) is 11.2. The summed E-state index contributed by atoms with van der Waals surface area (Å²) in [7, 11) is 0. The molecule has 2 atom stereocenters. The Kier molecular flexibility index (Phi) is 4.79. The van der Waals surface area contributed by atoms with Crippen LogP contribution >= 0.6 is 0 Å². The Balaban J connectivity index is 2.79. The van der Waals surface area contributed by atoms with Crippen molar-refractivity contribution in [2.24, 2.45) is 11.8 Å². The number of rotatable bonds is 1. The molecule has 1 aliphatic rings. The summed E-state index contributed by atoms with van der Waals surface area (Å²) in [5.41, 5.74) is 0.832. The van der Waals surface area contributed by atoms with Crippen molar-refractivity contribution >= 4 is 0 Å². The Hall–Kier alpha value is -0.560. The van der Waals surface area contributed by atoms with E-state index in [0.717, 1.165) is 12.8 Å². The van der Waals surface area contributed by atoms with Crippen molar-refractivity contribution in [3.8, 4) is 0 Å². The summed E-state index contributed by atoms with van der Waals surface area (Å²) in [5.74, 6) is 1.24. The van der Waals surface area contributed by atoms with E-state index in [2.05, 4.69) is 32.9 Å². The lowest BCUT2D eigenvalue weighted by molar-refractivity contribution is 0.102. The summed E-state index contributed by atoms with van der Waals surface area (Å²) in [4.78, 5) is 0. The first-order valence-electron chi connectivity index (χ1n) is 6.48. The zero-order chi connectivity index (χ0) is 12.2. The summed E-state index contributed by atoms with van der Waals surface area (Å²) >= 11 is 0. The number of hydrogen-bond donors (Lipinski definition) is 1. The summed E-state index contributed by atoms with van der Waals surface area (Å²) in [6, 6.07) is 0. The van der Waals surface area contributed by atoms with Gasteiger partial charge in [0.25, 0.3) is 0 Å². The van der Waals surface area contributed by atoms with Crippen molar-refractivity contribution in [1.29, 1.82) is 0 Å². The standard InChI is InChI=1S/C15H26O/c1-12(2)14-8-7-13(3)6-5-10-15(4,16)11-9-14/h6,9,11-12,14,16H,5,7-8,10H2,1-4H3/b11-9+,13-6+/t14-,15-/m0/s1. The van der Waals surface area contributed by atoms with Crippen molar-refractivity contribution < 1.29 is 5.11 Å². The minimum atomic E-state index is -0.638. The van der Waals surface area contributed by atoms with Gasteiger partial charge in [0.15, 0.2) is 0 Å². The fraction of sp³-hybridized carbons (Fsp3) is 0.733. The van der Waals surface area contributed by atoms with Gasteiger partial charge < -0.3 is 5.11 Å². The van der Waals surface area contributed by atoms with Crippen molar-refractivity contribution in [2.75, 3.05) is 0 Å². The van der Waals surface area contributed by atoms with Crippen LogP contribution in [0.1, 0.15) is 53.4 Å². The third-order valence-electron chi connectivity index (χ3n) is 3.57. The molecule has 1 rings (SSSR count). The van der Waals surface area contributed by atoms with Gasteiger partial charge in [-0.2, -0.15) is 0 Å². The molecule has 0 saturated carbocycles. The molecular weight excluding hydrogens is 196 g/mol. The van der Waals surface area contributed by atoms with E-state index in [1.807, 2.05) is 13.0 Å². The molecule has 0 aromatic rings. The van der Waals surface area contributed by atoms with Gasteiger partial charge in [-0.25, -0.2) is 0 Å². The van der Waals surface area contributed by atoms with Gasteiger partial charge in [-0.3, -0.25) is 0 Å². The van der Waals surface area contributed by atoms with Gasteiger partial charge in [-0.15, -0.1) is 0 Å². The highest BCUT2D eigenvalue weighted by Crippen LogP contribution is 2.25. The molecule has 0 amide bonds. The molecule has 0 radical (unpaired) electrons. The molecule has 0 spiro atoms. The summed E-state index contributed by atoms with van der Waals surface area (Å²) in [6.07, 6.45) is 10.7. The third-order valence-corrected chi connectivity index (χ3v) is 3.57. The lowest BCUT2D eigenvalue weighted by Gasteiger charge is -2.23. The molecular formula is C15H26O. The van der Waals surface area contributed by atoms with Crippen LogP contribution in [-0.2, 0) is 0 Å². The van der Waals surface area contributed by atoms with Crippen LogP contribution in [0.5, 0.6) is 0 Å². The van der Waals surface area contributed by atoms with Crippen molar-refractivity contribution in [3.05, 3.63) is 23.8 Å². The second-order valence-electron chi connectivity index (χ2n) is 5.75. The first kappa shape index (κ1) is 13.5. The molecule has 92 valence electrons. The van der Waals surface area contributed by atoms with Gasteiger partial charge in [0.2, 0.25) is 0 Å². The molecule has 0 aromatic carbocycles. The van der Waals surface area contributed by atoms with Gasteiger partial charge in [0.05, 0.1) is 5.60 Å². The Bertz CT molecular complexity index is 271. The monoisotopic (exact) mass is 222 g/mol. The number of hydrogen-bond acceptors (Lipinski definition) is 1. The van der Waals surface area contributed by atoms with Crippen LogP contribution in [0.4, 0.5) is 0 Å². The quantitative estimate of drug-likeness (QED) is 0.663. The van der Waals surface area contributed by atoms with E-state index in [9.17, 15) is 5.11 Å². The second kappa shape index (κ2) is 5.67. The maximum atomic E-state index is 10.2. The van der Waals surface area contributed by atoms with Gasteiger partial charge >= 0.3 is 0 Å². The Morgan fingerprint density at radius 1 is 1.44 bits per heavy atom. The van der Waals surface area contributed by atoms with E-state index in [1.165, 1.54) is 18.4 Å². The highest BCUT2D eigenvalue weighted by atomic mass is 16.3. The maximum Gasteiger partial charge on any atom is 0.0802 e. The van der Waals surface area contributed by atoms with Gasteiger partial charge in [0, 0.05) is 0 Å². The van der Waals surface area contributed by atoms with Crippen molar-refractivity contribution in [3.63, 3.8) is 0 Å². The van der Waals surface area contributed by atoms with Gasteiger partial charge in [0.1, 0.15) is 0 Å². The van der Waals surface area contributed by atoms with Gasteiger partial charge in [-0.1, -0.05) is 37.6 Å². The third kappa shape index (κ3) is 4.52. The molecule has 1 heteroatoms. The Labute approximate surface area is 100 Å². The van der Waals surface area contributed by atoms with E-state index < -0.39 is 5.60 Å². The van der Waals surface area contributed by atoms with E-state index >= 15 is 0 Å². The van der Waals surface area contributed by atoms with Crippen molar-refractivity contribution in [1.82, 2.24) is 0 Å². The fourth-order valence-electron chi connectivity index (χ4n) is 2.17. The highest BCUT2D eigenvalue weighted by Gasteiger charge is 2.18. The topological polar surface area (TPSA) is 20.2 Å². The molecule has 1 N–H and O–H groups in total. The molecule has 0 aliphatic heterocycles. The minimum absolute atomic E-state index is 0.591.